The normalized spacial score (nSPS) is 20.2. The second kappa shape index (κ2) is 10.9. The minimum absolute atomic E-state index is 0.0814. The van der Waals surface area contributed by atoms with Gasteiger partial charge in [0.05, 0.1) is 16.7 Å². The van der Waals surface area contributed by atoms with Crippen LogP contribution in [0.5, 0.6) is 5.75 Å². The number of nitrogens with one attached hydrogen (secondary N) is 2. The van der Waals surface area contributed by atoms with E-state index >= 15 is 0 Å². The van der Waals surface area contributed by atoms with Crippen molar-refractivity contribution in [3.63, 3.8) is 0 Å². The van der Waals surface area contributed by atoms with Crippen molar-refractivity contribution < 1.29 is 23.8 Å². The monoisotopic (exact) mass is 502 g/mol. The van der Waals surface area contributed by atoms with E-state index in [1.165, 1.54) is 0 Å². The highest BCUT2D eigenvalue weighted by molar-refractivity contribution is 9.10. The van der Waals surface area contributed by atoms with E-state index < -0.39 is 0 Å². The number of carbonyl (C=O) groups excluding carboxylic acids is 2. The van der Waals surface area contributed by atoms with Gasteiger partial charge in [-0.1, -0.05) is 6.07 Å². The number of rotatable bonds is 8. The number of ether oxygens (including phenoxy) is 3. The zero-order valence-electron chi connectivity index (χ0n) is 17.8. The van der Waals surface area contributed by atoms with Crippen molar-refractivity contribution in [3.05, 3.63) is 58.1 Å². The van der Waals surface area contributed by atoms with Crippen LogP contribution in [0.4, 0.5) is 5.69 Å². The van der Waals surface area contributed by atoms with Gasteiger partial charge in [0.25, 0.3) is 11.8 Å². The van der Waals surface area contributed by atoms with E-state index in [0.29, 0.717) is 40.2 Å². The highest BCUT2D eigenvalue weighted by Crippen LogP contribution is 2.27. The largest absolute Gasteiger partial charge is 0.490 e. The van der Waals surface area contributed by atoms with Crippen LogP contribution in [0, 0.1) is 0 Å². The molecule has 0 spiro atoms. The predicted molar refractivity (Wildman–Crippen MR) is 124 cm³/mol. The molecule has 2 aliphatic heterocycles. The fraction of sp³-hybridized carbons (Fsp3) is 0.417. The van der Waals surface area contributed by atoms with Crippen LogP contribution >= 0.6 is 15.9 Å². The summed E-state index contributed by atoms with van der Waals surface area (Å²) in [5.74, 6) is 0.210. The van der Waals surface area contributed by atoms with Gasteiger partial charge in [-0.05, 0) is 78.0 Å². The van der Waals surface area contributed by atoms with E-state index in [9.17, 15) is 9.59 Å². The topological polar surface area (TPSA) is 85.9 Å². The maximum atomic E-state index is 12.7. The molecule has 2 unspecified atom stereocenters. The molecular formula is C24H27BrN2O5. The van der Waals surface area contributed by atoms with Crippen LogP contribution in [0.1, 0.15) is 46.4 Å². The van der Waals surface area contributed by atoms with Gasteiger partial charge in [0, 0.05) is 36.6 Å². The molecule has 4 rings (SSSR count). The van der Waals surface area contributed by atoms with Crippen molar-refractivity contribution in [1.82, 2.24) is 5.32 Å². The van der Waals surface area contributed by atoms with Crippen molar-refractivity contribution >= 4 is 33.4 Å². The van der Waals surface area contributed by atoms with E-state index in [0.717, 1.165) is 38.9 Å². The minimum atomic E-state index is -0.270. The molecule has 2 saturated heterocycles. The molecule has 7 nitrogen and oxygen atoms in total. The molecule has 2 N–H and O–H groups in total. The van der Waals surface area contributed by atoms with Crippen molar-refractivity contribution in [3.8, 4) is 5.75 Å². The molecule has 32 heavy (non-hydrogen) atoms. The Hall–Kier alpha value is -2.42. The van der Waals surface area contributed by atoms with Crippen molar-refractivity contribution in [2.75, 3.05) is 31.7 Å². The zero-order chi connectivity index (χ0) is 22.3. The molecule has 0 aromatic heterocycles. The lowest BCUT2D eigenvalue weighted by atomic mass is 10.1. The van der Waals surface area contributed by atoms with Crippen LogP contribution in [0.15, 0.2) is 46.9 Å². The quantitative estimate of drug-likeness (QED) is 0.565. The maximum absolute atomic E-state index is 12.7. The molecule has 170 valence electrons. The lowest BCUT2D eigenvalue weighted by Crippen LogP contribution is -2.31. The summed E-state index contributed by atoms with van der Waals surface area (Å²) in [6, 6.07) is 12.1. The number of amides is 2. The molecule has 2 fully saturated rings. The third kappa shape index (κ3) is 6.09. The summed E-state index contributed by atoms with van der Waals surface area (Å²) >= 11 is 3.48. The Balaban J connectivity index is 1.33. The summed E-state index contributed by atoms with van der Waals surface area (Å²) in [7, 11) is 0. The maximum Gasteiger partial charge on any atom is 0.255 e. The molecule has 8 heteroatoms. The molecule has 2 aromatic rings. The van der Waals surface area contributed by atoms with Gasteiger partial charge in [-0.3, -0.25) is 9.59 Å². The number of carbonyl (C=O) groups is 2. The van der Waals surface area contributed by atoms with E-state index in [-0.39, 0.29) is 24.0 Å². The van der Waals surface area contributed by atoms with Gasteiger partial charge in [-0.2, -0.15) is 0 Å². The predicted octanol–water partition coefficient (Wildman–Crippen LogP) is 4.17. The summed E-state index contributed by atoms with van der Waals surface area (Å²) in [6.07, 6.45) is 4.26. The number of halogens is 1. The summed E-state index contributed by atoms with van der Waals surface area (Å²) < 4.78 is 17.6. The highest BCUT2D eigenvalue weighted by atomic mass is 79.9. The molecule has 2 aliphatic rings. The fourth-order valence-corrected chi connectivity index (χ4v) is 4.27. The average molecular weight is 503 g/mol. The first-order chi connectivity index (χ1) is 15.6. The molecule has 0 saturated carbocycles. The molecule has 2 heterocycles. The van der Waals surface area contributed by atoms with Crippen LogP contribution < -0.4 is 15.4 Å². The number of hydrogen-bond acceptors (Lipinski definition) is 5. The Kier molecular flexibility index (Phi) is 7.78. The summed E-state index contributed by atoms with van der Waals surface area (Å²) in [5, 5.41) is 5.74. The summed E-state index contributed by atoms with van der Waals surface area (Å²) in [6.45, 7) is 2.52. The molecule has 0 aliphatic carbocycles. The lowest BCUT2D eigenvalue weighted by Gasteiger charge is -2.14. The second-order valence-corrected chi connectivity index (χ2v) is 8.83. The Morgan fingerprint density at radius 1 is 0.969 bits per heavy atom. The van der Waals surface area contributed by atoms with Gasteiger partial charge >= 0.3 is 0 Å². The number of anilines is 1. The van der Waals surface area contributed by atoms with Gasteiger partial charge in [-0.25, -0.2) is 0 Å². The van der Waals surface area contributed by atoms with Crippen LogP contribution in [-0.2, 0) is 9.47 Å². The first kappa shape index (κ1) is 22.8. The molecule has 0 radical (unpaired) electrons. The van der Waals surface area contributed by atoms with Crippen LogP contribution in [0.2, 0.25) is 0 Å². The average Bonchev–Trinajstić information content (AvgIpc) is 3.51. The first-order valence-corrected chi connectivity index (χ1v) is 11.7. The van der Waals surface area contributed by atoms with E-state index in [1.54, 1.807) is 42.5 Å². The molecular weight excluding hydrogens is 476 g/mol. The van der Waals surface area contributed by atoms with Gasteiger partial charge in [0.1, 0.15) is 12.4 Å². The summed E-state index contributed by atoms with van der Waals surface area (Å²) in [4.78, 5) is 25.2. The third-order valence-electron chi connectivity index (χ3n) is 5.54. The SMILES string of the molecule is O=C(NCC1CCCO1)c1cccc(NC(=O)c2ccc(OCC3CCCO3)c(Br)c2)c1. The third-order valence-corrected chi connectivity index (χ3v) is 6.16. The van der Waals surface area contributed by atoms with Crippen molar-refractivity contribution in [2.24, 2.45) is 0 Å². The van der Waals surface area contributed by atoms with Crippen LogP contribution in [-0.4, -0.2) is 50.4 Å². The van der Waals surface area contributed by atoms with E-state index in [2.05, 4.69) is 26.6 Å². The smallest absolute Gasteiger partial charge is 0.255 e. The fourth-order valence-electron chi connectivity index (χ4n) is 3.77. The zero-order valence-corrected chi connectivity index (χ0v) is 19.4. The Morgan fingerprint density at radius 2 is 1.72 bits per heavy atom. The first-order valence-electron chi connectivity index (χ1n) is 10.9. The molecule has 0 bridgehead atoms. The van der Waals surface area contributed by atoms with Crippen molar-refractivity contribution in [2.45, 2.75) is 37.9 Å². The van der Waals surface area contributed by atoms with Gasteiger partial charge in [0.2, 0.25) is 0 Å². The number of hydrogen-bond donors (Lipinski definition) is 2. The Labute approximate surface area is 195 Å². The Morgan fingerprint density at radius 3 is 2.44 bits per heavy atom. The highest BCUT2D eigenvalue weighted by Gasteiger charge is 2.18. The molecule has 2 atom stereocenters. The van der Waals surface area contributed by atoms with Crippen molar-refractivity contribution in [1.29, 1.82) is 0 Å². The van der Waals surface area contributed by atoms with Gasteiger partial charge in [0.15, 0.2) is 0 Å². The van der Waals surface area contributed by atoms with Crippen LogP contribution in [0.3, 0.4) is 0 Å². The van der Waals surface area contributed by atoms with Gasteiger partial charge in [-0.15, -0.1) is 0 Å². The van der Waals surface area contributed by atoms with E-state index in [1.807, 2.05) is 0 Å². The summed E-state index contributed by atoms with van der Waals surface area (Å²) in [5.41, 5.74) is 1.52. The van der Waals surface area contributed by atoms with E-state index in [4.69, 9.17) is 14.2 Å². The number of benzene rings is 2. The lowest BCUT2D eigenvalue weighted by molar-refractivity contribution is 0.0677. The molecule has 2 amide bonds. The standard InChI is InChI=1S/C24H27BrN2O5/c25-21-13-17(8-9-22(21)32-15-20-7-3-11-31-20)24(29)27-18-5-1-4-16(12-18)23(28)26-14-19-6-2-10-30-19/h1,4-5,8-9,12-13,19-20H,2-3,6-7,10-11,14-15H2,(H,26,28)(H,27,29). The minimum Gasteiger partial charge on any atom is -0.490 e. The van der Waals surface area contributed by atoms with Crippen LogP contribution in [0.25, 0.3) is 0 Å². The van der Waals surface area contributed by atoms with Gasteiger partial charge < -0.3 is 24.8 Å². The Bertz CT molecular complexity index is 955. The second-order valence-electron chi connectivity index (χ2n) is 7.97. The molecule has 2 aromatic carbocycles.